The predicted molar refractivity (Wildman–Crippen MR) is 120 cm³/mol. The summed E-state index contributed by atoms with van der Waals surface area (Å²) in [6, 6.07) is 9.00. The molecule has 8 nitrogen and oxygen atoms in total. The molecule has 1 saturated heterocycles. The summed E-state index contributed by atoms with van der Waals surface area (Å²) in [6.45, 7) is 6.57. The second-order valence-electron chi connectivity index (χ2n) is 7.85. The molecule has 164 valence electrons. The first-order valence-electron chi connectivity index (χ1n) is 10.5. The number of hydrogen-bond donors (Lipinski definition) is 1. The van der Waals surface area contributed by atoms with E-state index in [2.05, 4.69) is 20.3 Å². The molecule has 3 aromatic rings. The average Bonchev–Trinajstić information content (AvgIpc) is 2.80. The van der Waals surface area contributed by atoms with E-state index < -0.39 is 0 Å². The minimum Gasteiger partial charge on any atom is -0.370 e. The first-order chi connectivity index (χ1) is 15.4. The zero-order valence-electron chi connectivity index (χ0n) is 18.3. The van der Waals surface area contributed by atoms with Crippen molar-refractivity contribution in [3.8, 4) is 11.3 Å². The smallest absolute Gasteiger partial charge is 0.253 e. The minimum absolute atomic E-state index is 0.0268. The molecule has 1 aliphatic heterocycles. The number of nitrogens with one attached hydrogen (secondary N) is 1. The molecule has 3 heterocycles. The molecule has 1 aliphatic rings. The van der Waals surface area contributed by atoms with Crippen LogP contribution in [-0.2, 0) is 9.53 Å². The monoisotopic (exact) mass is 431 g/mol. The van der Waals surface area contributed by atoms with E-state index >= 15 is 0 Å². The summed E-state index contributed by atoms with van der Waals surface area (Å²) in [6.07, 6.45) is 5.19. The molecule has 32 heavy (non-hydrogen) atoms. The summed E-state index contributed by atoms with van der Waals surface area (Å²) in [5.41, 5.74) is 4.43. The van der Waals surface area contributed by atoms with Gasteiger partial charge in [-0.05, 0) is 50.6 Å². The number of amides is 2. The molecule has 0 aliphatic carbocycles. The number of aryl methyl sites for hydroxylation is 2. The highest BCUT2D eigenvalue weighted by Crippen LogP contribution is 2.27. The molecule has 0 radical (unpaired) electrons. The number of ether oxygens (including phenoxy) is 1. The Balaban J connectivity index is 1.67. The number of carbonyl (C=O) groups excluding carboxylic acids is 2. The lowest BCUT2D eigenvalue weighted by Gasteiger charge is -2.27. The summed E-state index contributed by atoms with van der Waals surface area (Å²) in [7, 11) is 0. The van der Waals surface area contributed by atoms with Crippen LogP contribution < -0.4 is 10.2 Å². The van der Waals surface area contributed by atoms with Crippen molar-refractivity contribution in [1.82, 2.24) is 20.3 Å². The van der Waals surface area contributed by atoms with Gasteiger partial charge in [-0.25, -0.2) is 9.97 Å². The number of nitrogens with zero attached hydrogens (tertiary/aromatic N) is 4. The maximum absolute atomic E-state index is 13.1. The van der Waals surface area contributed by atoms with Crippen LogP contribution in [0.4, 0.5) is 5.69 Å². The van der Waals surface area contributed by atoms with Crippen LogP contribution in [0, 0.1) is 13.8 Å². The molecule has 0 spiro atoms. The first kappa shape index (κ1) is 21.6. The van der Waals surface area contributed by atoms with E-state index in [-0.39, 0.29) is 24.5 Å². The molecule has 1 N–H and O–H groups in total. The van der Waals surface area contributed by atoms with Gasteiger partial charge in [-0.1, -0.05) is 6.07 Å². The van der Waals surface area contributed by atoms with Crippen LogP contribution in [0.3, 0.4) is 0 Å². The fourth-order valence-corrected chi connectivity index (χ4v) is 3.47. The Morgan fingerprint density at radius 2 is 1.88 bits per heavy atom. The van der Waals surface area contributed by atoms with Crippen molar-refractivity contribution in [2.45, 2.75) is 26.8 Å². The number of anilines is 1. The Hall–Kier alpha value is -3.65. The van der Waals surface area contributed by atoms with Gasteiger partial charge in [0.25, 0.3) is 11.8 Å². The minimum atomic E-state index is -0.280. The van der Waals surface area contributed by atoms with Gasteiger partial charge in [0.05, 0.1) is 18.3 Å². The second-order valence-corrected chi connectivity index (χ2v) is 7.85. The molecule has 8 heteroatoms. The predicted octanol–water partition coefficient (Wildman–Crippen LogP) is 3.01. The van der Waals surface area contributed by atoms with E-state index in [1.54, 1.807) is 35.6 Å². The summed E-state index contributed by atoms with van der Waals surface area (Å²) in [5.74, 6) is 0.279. The van der Waals surface area contributed by atoms with Gasteiger partial charge in [-0.15, -0.1) is 0 Å². The lowest BCUT2D eigenvalue weighted by Crippen LogP contribution is -2.41. The standard InChI is InChI=1S/C24H25N5O3/c1-15-4-5-22(27-11-15)18-8-19(10-21(9-18)29-6-7-32-14-23(29)30)24(31)28-16(2)20-12-25-17(3)26-13-20/h4-5,8-13,16H,6-7,14H2,1-3H3,(H,28,31). The zero-order chi connectivity index (χ0) is 22.7. The molecule has 1 fully saturated rings. The van der Waals surface area contributed by atoms with E-state index in [4.69, 9.17) is 4.74 Å². The van der Waals surface area contributed by atoms with Crippen LogP contribution in [0.25, 0.3) is 11.3 Å². The Labute approximate surface area is 186 Å². The van der Waals surface area contributed by atoms with Gasteiger partial charge < -0.3 is 15.0 Å². The van der Waals surface area contributed by atoms with Gasteiger partial charge in [0.15, 0.2) is 0 Å². The quantitative estimate of drug-likeness (QED) is 0.667. The van der Waals surface area contributed by atoms with E-state index in [9.17, 15) is 9.59 Å². The van der Waals surface area contributed by atoms with Gasteiger partial charge >= 0.3 is 0 Å². The molecular formula is C24H25N5O3. The zero-order valence-corrected chi connectivity index (χ0v) is 18.3. The van der Waals surface area contributed by atoms with Crippen molar-refractivity contribution in [3.63, 3.8) is 0 Å². The normalized spacial score (nSPS) is 14.8. The van der Waals surface area contributed by atoms with Crippen LogP contribution in [0.5, 0.6) is 0 Å². The van der Waals surface area contributed by atoms with Crippen molar-refractivity contribution in [3.05, 3.63) is 71.4 Å². The van der Waals surface area contributed by atoms with E-state index in [0.29, 0.717) is 30.2 Å². The highest BCUT2D eigenvalue weighted by Gasteiger charge is 2.23. The first-order valence-corrected chi connectivity index (χ1v) is 10.5. The highest BCUT2D eigenvalue weighted by atomic mass is 16.5. The summed E-state index contributed by atoms with van der Waals surface area (Å²) >= 11 is 0. The van der Waals surface area contributed by atoms with Crippen LogP contribution in [0.1, 0.15) is 40.3 Å². The molecule has 0 saturated carbocycles. The van der Waals surface area contributed by atoms with Crippen LogP contribution >= 0.6 is 0 Å². The van der Waals surface area contributed by atoms with Crippen molar-refractivity contribution >= 4 is 17.5 Å². The number of benzene rings is 1. The van der Waals surface area contributed by atoms with E-state index in [1.807, 2.05) is 39.0 Å². The molecular weight excluding hydrogens is 406 g/mol. The van der Waals surface area contributed by atoms with Crippen molar-refractivity contribution < 1.29 is 14.3 Å². The molecule has 4 rings (SSSR count). The molecule has 1 atom stereocenters. The lowest BCUT2D eigenvalue weighted by molar-refractivity contribution is -0.125. The largest absolute Gasteiger partial charge is 0.370 e. The molecule has 1 aromatic carbocycles. The number of pyridine rings is 1. The van der Waals surface area contributed by atoms with E-state index in [0.717, 1.165) is 22.4 Å². The molecule has 2 aromatic heterocycles. The van der Waals surface area contributed by atoms with Crippen molar-refractivity contribution in [2.75, 3.05) is 24.7 Å². The van der Waals surface area contributed by atoms with E-state index in [1.165, 1.54) is 0 Å². The maximum atomic E-state index is 13.1. The van der Waals surface area contributed by atoms with Crippen LogP contribution in [-0.4, -0.2) is 46.5 Å². The Morgan fingerprint density at radius 1 is 1.09 bits per heavy atom. The SMILES string of the molecule is Cc1ccc(-c2cc(C(=O)NC(C)c3cnc(C)nc3)cc(N3CCOCC3=O)c2)nc1. The van der Waals surface area contributed by atoms with Gasteiger partial charge in [0.1, 0.15) is 12.4 Å². The third kappa shape index (κ3) is 4.81. The summed E-state index contributed by atoms with van der Waals surface area (Å²) < 4.78 is 5.25. The number of aromatic nitrogens is 3. The van der Waals surface area contributed by atoms with Gasteiger partial charge in [0, 0.05) is 47.5 Å². The van der Waals surface area contributed by atoms with Crippen LogP contribution in [0.15, 0.2) is 48.9 Å². The number of morpholine rings is 1. The van der Waals surface area contributed by atoms with Gasteiger partial charge in [-0.2, -0.15) is 0 Å². The number of carbonyl (C=O) groups is 2. The second kappa shape index (κ2) is 9.23. The Kier molecular flexibility index (Phi) is 6.23. The highest BCUT2D eigenvalue weighted by molar-refractivity contribution is 6.00. The fraction of sp³-hybridized carbons (Fsp3) is 0.292. The topological polar surface area (TPSA) is 97.3 Å². The molecule has 1 unspecified atom stereocenters. The lowest BCUT2D eigenvalue weighted by atomic mass is 10.0. The maximum Gasteiger partial charge on any atom is 0.253 e. The van der Waals surface area contributed by atoms with Crippen molar-refractivity contribution in [2.24, 2.45) is 0 Å². The third-order valence-corrected chi connectivity index (χ3v) is 5.33. The average molecular weight is 431 g/mol. The fourth-order valence-electron chi connectivity index (χ4n) is 3.47. The van der Waals surface area contributed by atoms with Gasteiger partial charge in [0.2, 0.25) is 0 Å². The summed E-state index contributed by atoms with van der Waals surface area (Å²) in [4.78, 5) is 40.1. The van der Waals surface area contributed by atoms with Crippen molar-refractivity contribution in [1.29, 1.82) is 0 Å². The Bertz CT molecular complexity index is 1130. The molecule has 0 bridgehead atoms. The van der Waals surface area contributed by atoms with Gasteiger partial charge in [-0.3, -0.25) is 14.6 Å². The van der Waals surface area contributed by atoms with Crippen LogP contribution in [0.2, 0.25) is 0 Å². The molecule has 2 amide bonds. The third-order valence-electron chi connectivity index (χ3n) is 5.33. The Morgan fingerprint density at radius 3 is 2.56 bits per heavy atom. The number of hydrogen-bond acceptors (Lipinski definition) is 6. The summed E-state index contributed by atoms with van der Waals surface area (Å²) in [5, 5.41) is 2.99. The number of rotatable bonds is 5.